The van der Waals surface area contributed by atoms with Gasteiger partial charge in [0.15, 0.2) is 5.69 Å². The fourth-order valence-corrected chi connectivity index (χ4v) is 2.44. The van der Waals surface area contributed by atoms with E-state index in [1.807, 2.05) is 13.0 Å². The van der Waals surface area contributed by atoms with Crippen molar-refractivity contribution >= 4 is 5.97 Å². The van der Waals surface area contributed by atoms with Gasteiger partial charge >= 0.3 is 5.97 Å². The number of aryl methyl sites for hydroxylation is 1. The van der Waals surface area contributed by atoms with Crippen molar-refractivity contribution in [2.75, 3.05) is 6.54 Å². The SMILES string of the molecule is Cc1cc(C(=O)O)nn1-c1ccc2c(c1)CNCC2. The van der Waals surface area contributed by atoms with Gasteiger partial charge in [0.2, 0.25) is 0 Å². The van der Waals surface area contributed by atoms with Crippen molar-refractivity contribution in [2.24, 2.45) is 0 Å². The summed E-state index contributed by atoms with van der Waals surface area (Å²) in [5, 5.41) is 16.4. The molecular weight excluding hydrogens is 242 g/mol. The summed E-state index contributed by atoms with van der Waals surface area (Å²) < 4.78 is 1.68. The van der Waals surface area contributed by atoms with E-state index in [-0.39, 0.29) is 5.69 Å². The molecule has 3 rings (SSSR count). The third kappa shape index (κ3) is 2.13. The summed E-state index contributed by atoms with van der Waals surface area (Å²) in [6.45, 7) is 3.72. The highest BCUT2D eigenvalue weighted by molar-refractivity contribution is 5.85. The Morgan fingerprint density at radius 3 is 2.95 bits per heavy atom. The monoisotopic (exact) mass is 257 g/mol. The van der Waals surface area contributed by atoms with Crippen LogP contribution in [0.15, 0.2) is 24.3 Å². The van der Waals surface area contributed by atoms with Crippen LogP contribution in [0.2, 0.25) is 0 Å². The lowest BCUT2D eigenvalue weighted by atomic mass is 10.0. The van der Waals surface area contributed by atoms with Crippen LogP contribution in [-0.4, -0.2) is 27.4 Å². The first-order valence-electron chi connectivity index (χ1n) is 6.28. The number of nitrogens with zero attached hydrogens (tertiary/aromatic N) is 2. The molecule has 1 aromatic carbocycles. The van der Waals surface area contributed by atoms with Crippen LogP contribution in [0.25, 0.3) is 5.69 Å². The van der Waals surface area contributed by atoms with Gasteiger partial charge in [-0.05, 0) is 49.2 Å². The molecule has 0 atom stereocenters. The van der Waals surface area contributed by atoms with Gasteiger partial charge in [-0.25, -0.2) is 9.48 Å². The lowest BCUT2D eigenvalue weighted by Gasteiger charge is -2.18. The Bertz CT molecular complexity index is 646. The number of carboxylic acids is 1. The minimum atomic E-state index is -0.999. The molecule has 0 bridgehead atoms. The van der Waals surface area contributed by atoms with Gasteiger partial charge in [0.05, 0.1) is 5.69 Å². The zero-order chi connectivity index (χ0) is 13.4. The van der Waals surface area contributed by atoms with Gasteiger partial charge in [0.1, 0.15) is 0 Å². The summed E-state index contributed by atoms with van der Waals surface area (Å²) in [4.78, 5) is 10.9. The molecule has 1 aliphatic heterocycles. The smallest absolute Gasteiger partial charge is 0.356 e. The maximum atomic E-state index is 10.9. The van der Waals surface area contributed by atoms with Crippen LogP contribution in [-0.2, 0) is 13.0 Å². The lowest BCUT2D eigenvalue weighted by Crippen LogP contribution is -2.23. The molecule has 5 nitrogen and oxygen atoms in total. The molecule has 0 amide bonds. The van der Waals surface area contributed by atoms with Crippen molar-refractivity contribution in [3.05, 3.63) is 46.8 Å². The Kier molecular flexibility index (Phi) is 2.83. The molecule has 2 N–H and O–H groups in total. The van der Waals surface area contributed by atoms with E-state index in [0.29, 0.717) is 0 Å². The fourth-order valence-electron chi connectivity index (χ4n) is 2.44. The largest absolute Gasteiger partial charge is 0.476 e. The fraction of sp³-hybridized carbons (Fsp3) is 0.286. The number of benzene rings is 1. The molecule has 1 aliphatic rings. The van der Waals surface area contributed by atoms with Crippen LogP contribution in [0.1, 0.15) is 27.3 Å². The maximum Gasteiger partial charge on any atom is 0.356 e. The Hall–Kier alpha value is -2.14. The van der Waals surface area contributed by atoms with Crippen molar-refractivity contribution in [3.63, 3.8) is 0 Å². The second-order valence-electron chi connectivity index (χ2n) is 4.77. The highest BCUT2D eigenvalue weighted by atomic mass is 16.4. The van der Waals surface area contributed by atoms with Gasteiger partial charge < -0.3 is 10.4 Å². The van der Waals surface area contributed by atoms with Gasteiger partial charge in [0.25, 0.3) is 0 Å². The van der Waals surface area contributed by atoms with E-state index in [1.165, 1.54) is 11.1 Å². The standard InChI is InChI=1S/C14H15N3O2/c1-9-6-13(14(18)19)16-17(9)12-3-2-10-4-5-15-8-11(10)7-12/h2-3,6-7,15H,4-5,8H2,1H3,(H,18,19). The maximum absolute atomic E-state index is 10.9. The predicted molar refractivity (Wildman–Crippen MR) is 70.7 cm³/mol. The number of hydrogen-bond acceptors (Lipinski definition) is 3. The van der Waals surface area contributed by atoms with Crippen LogP contribution >= 0.6 is 0 Å². The van der Waals surface area contributed by atoms with Crippen LogP contribution < -0.4 is 5.32 Å². The Morgan fingerprint density at radius 2 is 2.21 bits per heavy atom. The molecule has 2 heterocycles. The number of nitrogens with one attached hydrogen (secondary N) is 1. The van der Waals surface area contributed by atoms with Crippen molar-refractivity contribution in [2.45, 2.75) is 19.9 Å². The van der Waals surface area contributed by atoms with Crippen molar-refractivity contribution in [3.8, 4) is 5.69 Å². The van der Waals surface area contributed by atoms with Crippen molar-refractivity contribution in [1.82, 2.24) is 15.1 Å². The molecular formula is C14H15N3O2. The van der Waals surface area contributed by atoms with E-state index in [9.17, 15) is 4.79 Å². The Morgan fingerprint density at radius 1 is 1.37 bits per heavy atom. The zero-order valence-electron chi connectivity index (χ0n) is 10.7. The van der Waals surface area contributed by atoms with E-state index in [4.69, 9.17) is 5.11 Å². The van der Waals surface area contributed by atoms with Crippen molar-refractivity contribution in [1.29, 1.82) is 0 Å². The lowest BCUT2D eigenvalue weighted by molar-refractivity contribution is 0.0690. The van der Waals surface area contributed by atoms with E-state index in [0.717, 1.165) is 30.9 Å². The second-order valence-corrected chi connectivity index (χ2v) is 4.77. The number of carbonyl (C=O) groups is 1. The highest BCUT2D eigenvalue weighted by Gasteiger charge is 2.14. The van der Waals surface area contributed by atoms with Gasteiger partial charge in [0, 0.05) is 12.2 Å². The van der Waals surface area contributed by atoms with E-state index < -0.39 is 5.97 Å². The quantitative estimate of drug-likeness (QED) is 0.856. The minimum Gasteiger partial charge on any atom is -0.476 e. The molecule has 2 aromatic rings. The van der Waals surface area contributed by atoms with E-state index in [1.54, 1.807) is 10.7 Å². The van der Waals surface area contributed by atoms with Crippen LogP contribution in [0.4, 0.5) is 0 Å². The molecule has 0 aliphatic carbocycles. The first-order chi connectivity index (χ1) is 9.15. The highest BCUT2D eigenvalue weighted by Crippen LogP contribution is 2.19. The average molecular weight is 257 g/mol. The van der Waals surface area contributed by atoms with E-state index in [2.05, 4.69) is 22.5 Å². The molecule has 98 valence electrons. The number of aromatic nitrogens is 2. The predicted octanol–water partition coefficient (Wildman–Crippen LogP) is 1.52. The molecule has 0 unspecified atom stereocenters. The number of hydrogen-bond donors (Lipinski definition) is 2. The first kappa shape index (κ1) is 11.9. The third-order valence-electron chi connectivity index (χ3n) is 3.43. The molecule has 5 heteroatoms. The third-order valence-corrected chi connectivity index (χ3v) is 3.43. The minimum absolute atomic E-state index is 0.0772. The molecule has 19 heavy (non-hydrogen) atoms. The first-order valence-corrected chi connectivity index (χ1v) is 6.28. The number of carboxylic acid groups (broad SMARTS) is 1. The Labute approximate surface area is 110 Å². The van der Waals surface area contributed by atoms with Crippen LogP contribution in [0.5, 0.6) is 0 Å². The number of rotatable bonds is 2. The summed E-state index contributed by atoms with van der Waals surface area (Å²) >= 11 is 0. The zero-order valence-corrected chi connectivity index (χ0v) is 10.7. The summed E-state index contributed by atoms with van der Waals surface area (Å²) in [6, 6.07) is 7.76. The average Bonchev–Trinajstić information content (AvgIpc) is 2.80. The van der Waals surface area contributed by atoms with Gasteiger partial charge in [-0.15, -0.1) is 0 Å². The summed E-state index contributed by atoms with van der Waals surface area (Å²) in [5.74, 6) is -0.999. The molecule has 0 fully saturated rings. The van der Waals surface area contributed by atoms with Gasteiger partial charge in [-0.1, -0.05) is 6.07 Å². The molecule has 0 saturated carbocycles. The molecule has 0 radical (unpaired) electrons. The molecule has 0 saturated heterocycles. The summed E-state index contributed by atoms with van der Waals surface area (Å²) in [6.07, 6.45) is 1.04. The molecule has 1 aromatic heterocycles. The van der Waals surface area contributed by atoms with Crippen molar-refractivity contribution < 1.29 is 9.90 Å². The van der Waals surface area contributed by atoms with E-state index >= 15 is 0 Å². The normalized spacial score (nSPS) is 14.2. The molecule has 0 spiro atoms. The van der Waals surface area contributed by atoms with Crippen LogP contribution in [0.3, 0.4) is 0 Å². The second kappa shape index (κ2) is 4.51. The summed E-state index contributed by atoms with van der Waals surface area (Å²) in [5.41, 5.74) is 4.42. The number of fused-ring (bicyclic) bond motifs is 1. The Balaban J connectivity index is 2.04. The van der Waals surface area contributed by atoms with Crippen LogP contribution in [0, 0.1) is 6.92 Å². The topological polar surface area (TPSA) is 67.1 Å². The number of aromatic carboxylic acids is 1. The van der Waals surface area contributed by atoms with Gasteiger partial charge in [-0.2, -0.15) is 5.10 Å². The summed E-state index contributed by atoms with van der Waals surface area (Å²) in [7, 11) is 0. The van der Waals surface area contributed by atoms with Gasteiger partial charge in [-0.3, -0.25) is 0 Å².